The zero-order valence-electron chi connectivity index (χ0n) is 4.88. The van der Waals surface area contributed by atoms with Crippen molar-refractivity contribution in [2.24, 2.45) is 11.8 Å². The maximum atomic E-state index is 10.9. The maximum Gasteiger partial charge on any atom is 0.155 e. The van der Waals surface area contributed by atoms with Gasteiger partial charge in [-0.2, -0.15) is 0 Å². The van der Waals surface area contributed by atoms with E-state index >= 15 is 0 Å². The molecule has 0 N–H and O–H groups in total. The Morgan fingerprint density at radius 1 is 1.67 bits per heavy atom. The van der Waals surface area contributed by atoms with Crippen LogP contribution in [0.3, 0.4) is 0 Å². The summed E-state index contributed by atoms with van der Waals surface area (Å²) in [6, 6.07) is 0. The van der Waals surface area contributed by atoms with E-state index in [9.17, 15) is 4.79 Å². The topological polar surface area (TPSA) is 17.1 Å². The van der Waals surface area contributed by atoms with E-state index < -0.39 is 0 Å². The molecular formula is C7H7ClO. The molecule has 2 aliphatic carbocycles. The zero-order chi connectivity index (χ0) is 6.43. The molecular weight excluding hydrogens is 136 g/mol. The molecule has 1 nitrogen and oxygen atoms in total. The molecule has 0 saturated heterocycles. The second-order valence-electron chi connectivity index (χ2n) is 2.65. The van der Waals surface area contributed by atoms with Crippen LogP contribution >= 0.6 is 11.6 Å². The Balaban J connectivity index is 2.21. The maximum absolute atomic E-state index is 10.9. The number of carbonyl (C=O) groups is 1. The molecule has 1 fully saturated rings. The molecule has 0 bridgehead atoms. The predicted octanol–water partition coefficient (Wildman–Crippen LogP) is 1.37. The number of hydrogen-bond acceptors (Lipinski definition) is 1. The SMILES string of the molecule is O=C1C2CC=CC2[C@H]1Cl. The van der Waals surface area contributed by atoms with Crippen molar-refractivity contribution < 1.29 is 4.79 Å². The molecule has 0 aromatic rings. The molecule has 0 heterocycles. The molecule has 0 aromatic carbocycles. The number of Topliss-reactive ketones (excluding diaryl/α,β-unsaturated/α-hetero) is 1. The number of fused-ring (bicyclic) bond motifs is 1. The van der Waals surface area contributed by atoms with Crippen molar-refractivity contribution in [2.75, 3.05) is 0 Å². The minimum atomic E-state index is -0.200. The lowest BCUT2D eigenvalue weighted by Gasteiger charge is -2.33. The van der Waals surface area contributed by atoms with Crippen molar-refractivity contribution in [3.8, 4) is 0 Å². The van der Waals surface area contributed by atoms with Crippen molar-refractivity contribution in [3.05, 3.63) is 12.2 Å². The van der Waals surface area contributed by atoms with E-state index in [0.29, 0.717) is 5.92 Å². The van der Waals surface area contributed by atoms with Gasteiger partial charge >= 0.3 is 0 Å². The largest absolute Gasteiger partial charge is 0.298 e. The molecule has 2 rings (SSSR count). The average molecular weight is 143 g/mol. The highest BCUT2D eigenvalue weighted by atomic mass is 35.5. The van der Waals surface area contributed by atoms with Crippen LogP contribution in [0, 0.1) is 11.8 Å². The van der Waals surface area contributed by atoms with Gasteiger partial charge in [-0.25, -0.2) is 0 Å². The van der Waals surface area contributed by atoms with Gasteiger partial charge in [-0.05, 0) is 6.42 Å². The molecule has 1 saturated carbocycles. The van der Waals surface area contributed by atoms with E-state index in [-0.39, 0.29) is 17.1 Å². The van der Waals surface area contributed by atoms with Crippen LogP contribution < -0.4 is 0 Å². The number of halogens is 1. The van der Waals surface area contributed by atoms with E-state index in [1.807, 2.05) is 0 Å². The van der Waals surface area contributed by atoms with Crippen LogP contribution in [-0.2, 0) is 4.79 Å². The lowest BCUT2D eigenvalue weighted by Crippen LogP contribution is -2.45. The van der Waals surface area contributed by atoms with E-state index in [0.717, 1.165) is 6.42 Å². The summed E-state index contributed by atoms with van der Waals surface area (Å²) in [5, 5.41) is -0.200. The van der Waals surface area contributed by atoms with Crippen LogP contribution in [0.1, 0.15) is 6.42 Å². The molecule has 0 aromatic heterocycles. The van der Waals surface area contributed by atoms with Crippen LogP contribution in [0.4, 0.5) is 0 Å². The number of carbonyl (C=O) groups excluding carboxylic acids is 1. The minimum Gasteiger partial charge on any atom is -0.298 e. The Morgan fingerprint density at radius 3 is 3.11 bits per heavy atom. The molecule has 0 amide bonds. The quantitative estimate of drug-likeness (QED) is 0.369. The van der Waals surface area contributed by atoms with Crippen LogP contribution in [-0.4, -0.2) is 11.2 Å². The van der Waals surface area contributed by atoms with Gasteiger partial charge in [-0.3, -0.25) is 4.79 Å². The number of ketones is 1. The van der Waals surface area contributed by atoms with Crippen molar-refractivity contribution in [2.45, 2.75) is 11.8 Å². The Labute approximate surface area is 58.7 Å². The first-order chi connectivity index (χ1) is 4.30. The van der Waals surface area contributed by atoms with Gasteiger partial charge in [0, 0.05) is 11.8 Å². The van der Waals surface area contributed by atoms with Gasteiger partial charge in [0.2, 0.25) is 0 Å². The van der Waals surface area contributed by atoms with E-state index in [2.05, 4.69) is 12.2 Å². The molecule has 3 atom stereocenters. The van der Waals surface area contributed by atoms with Crippen LogP contribution in [0.25, 0.3) is 0 Å². The number of alkyl halides is 1. The summed E-state index contributed by atoms with van der Waals surface area (Å²) in [5.74, 6) is 0.873. The van der Waals surface area contributed by atoms with E-state index in [1.165, 1.54) is 0 Å². The number of allylic oxidation sites excluding steroid dienone is 2. The summed E-state index contributed by atoms with van der Waals surface area (Å²) in [6.45, 7) is 0. The van der Waals surface area contributed by atoms with Gasteiger partial charge in [0.05, 0.1) is 5.38 Å². The molecule has 48 valence electrons. The van der Waals surface area contributed by atoms with Crippen LogP contribution in [0.2, 0.25) is 0 Å². The third-order valence-electron chi connectivity index (χ3n) is 2.19. The fourth-order valence-electron chi connectivity index (χ4n) is 1.56. The number of rotatable bonds is 0. The van der Waals surface area contributed by atoms with E-state index in [4.69, 9.17) is 11.6 Å². The fourth-order valence-corrected chi connectivity index (χ4v) is 1.98. The first-order valence-corrected chi connectivity index (χ1v) is 3.59. The van der Waals surface area contributed by atoms with Crippen LogP contribution in [0.5, 0.6) is 0 Å². The summed E-state index contributed by atoms with van der Waals surface area (Å²) in [4.78, 5) is 10.9. The molecule has 2 aliphatic rings. The second-order valence-corrected chi connectivity index (χ2v) is 3.12. The lowest BCUT2D eigenvalue weighted by molar-refractivity contribution is -0.130. The van der Waals surface area contributed by atoms with Crippen molar-refractivity contribution in [1.82, 2.24) is 0 Å². The smallest absolute Gasteiger partial charge is 0.155 e. The molecule has 2 heteroatoms. The van der Waals surface area contributed by atoms with Gasteiger partial charge in [0.25, 0.3) is 0 Å². The minimum absolute atomic E-state index is 0.200. The first kappa shape index (κ1) is 5.48. The van der Waals surface area contributed by atoms with Gasteiger partial charge in [-0.15, -0.1) is 11.6 Å². The van der Waals surface area contributed by atoms with Gasteiger partial charge in [-0.1, -0.05) is 12.2 Å². The highest BCUT2D eigenvalue weighted by molar-refractivity contribution is 6.34. The molecule has 9 heavy (non-hydrogen) atoms. The predicted molar refractivity (Wildman–Crippen MR) is 35.4 cm³/mol. The van der Waals surface area contributed by atoms with Crippen LogP contribution in [0.15, 0.2) is 12.2 Å². The summed E-state index contributed by atoms with van der Waals surface area (Å²) >= 11 is 5.70. The van der Waals surface area contributed by atoms with Crippen molar-refractivity contribution >= 4 is 17.4 Å². The lowest BCUT2D eigenvalue weighted by atomic mass is 9.74. The second kappa shape index (κ2) is 1.60. The van der Waals surface area contributed by atoms with Crippen molar-refractivity contribution in [3.63, 3.8) is 0 Å². The van der Waals surface area contributed by atoms with Gasteiger partial charge in [0.1, 0.15) is 0 Å². The Kier molecular flexibility index (Phi) is 0.974. The number of hydrogen-bond donors (Lipinski definition) is 0. The summed E-state index contributed by atoms with van der Waals surface area (Å²) in [7, 11) is 0. The highest BCUT2D eigenvalue weighted by Crippen LogP contribution is 2.42. The molecule has 0 radical (unpaired) electrons. The first-order valence-electron chi connectivity index (χ1n) is 3.15. The Bertz CT molecular complexity index is 185. The Hall–Kier alpha value is -0.300. The fraction of sp³-hybridized carbons (Fsp3) is 0.571. The molecule has 0 aliphatic heterocycles. The van der Waals surface area contributed by atoms with E-state index in [1.54, 1.807) is 0 Å². The summed E-state index contributed by atoms with van der Waals surface area (Å²) in [6.07, 6.45) is 5.03. The van der Waals surface area contributed by atoms with Gasteiger partial charge in [0.15, 0.2) is 5.78 Å². The molecule has 2 unspecified atom stereocenters. The average Bonchev–Trinajstić information content (AvgIpc) is 2.30. The standard InChI is InChI=1S/C7H7ClO/c8-6-4-2-1-3-5(4)7(6)9/h1-2,4-6H,3H2/t4?,5?,6-/m1/s1. The molecule has 0 spiro atoms. The van der Waals surface area contributed by atoms with Crippen molar-refractivity contribution in [1.29, 1.82) is 0 Å². The third kappa shape index (κ3) is 0.531. The Morgan fingerprint density at radius 2 is 2.44 bits per heavy atom. The zero-order valence-corrected chi connectivity index (χ0v) is 5.64. The highest BCUT2D eigenvalue weighted by Gasteiger charge is 2.48. The monoisotopic (exact) mass is 142 g/mol. The van der Waals surface area contributed by atoms with Gasteiger partial charge < -0.3 is 0 Å². The summed E-state index contributed by atoms with van der Waals surface area (Å²) in [5.41, 5.74) is 0. The normalized spacial score (nSPS) is 46.8. The summed E-state index contributed by atoms with van der Waals surface area (Å²) < 4.78 is 0. The third-order valence-corrected chi connectivity index (χ3v) is 2.69.